The number of hydrogen-bond donors (Lipinski definition) is 1. The van der Waals surface area contributed by atoms with Gasteiger partial charge in [0.25, 0.3) is 0 Å². The van der Waals surface area contributed by atoms with Crippen LogP contribution in [0.4, 0.5) is 5.69 Å². The van der Waals surface area contributed by atoms with Crippen LogP contribution in [0.5, 0.6) is 0 Å². The van der Waals surface area contributed by atoms with Gasteiger partial charge in [-0.05, 0) is 57.5 Å². The van der Waals surface area contributed by atoms with Gasteiger partial charge in [0.15, 0.2) is 0 Å². The molecule has 1 aliphatic heterocycles. The summed E-state index contributed by atoms with van der Waals surface area (Å²) >= 11 is 1.74. The fourth-order valence-corrected chi connectivity index (χ4v) is 5.47. The molecular weight excluding hydrogens is 406 g/mol. The quantitative estimate of drug-likeness (QED) is 0.489. The van der Waals surface area contributed by atoms with Gasteiger partial charge in [0.1, 0.15) is 5.01 Å². The number of carbonyl (C=O) groups excluding carboxylic acids is 1. The zero-order valence-electron chi connectivity index (χ0n) is 17.7. The number of amides is 1. The van der Waals surface area contributed by atoms with Crippen molar-refractivity contribution in [1.82, 2.24) is 19.7 Å². The van der Waals surface area contributed by atoms with Crippen molar-refractivity contribution in [1.29, 1.82) is 0 Å². The molecular formula is C24H25N5OS. The highest BCUT2D eigenvalue weighted by Gasteiger charge is 2.30. The van der Waals surface area contributed by atoms with E-state index in [1.165, 1.54) is 4.70 Å². The second-order valence-corrected chi connectivity index (χ2v) is 9.05. The number of aromatic nitrogens is 3. The summed E-state index contributed by atoms with van der Waals surface area (Å²) in [4.78, 5) is 20.0. The lowest BCUT2D eigenvalue weighted by atomic mass is 10.2. The lowest BCUT2D eigenvalue weighted by Gasteiger charge is -2.22. The van der Waals surface area contributed by atoms with Crippen molar-refractivity contribution in [2.24, 2.45) is 0 Å². The van der Waals surface area contributed by atoms with E-state index in [4.69, 9.17) is 4.98 Å². The summed E-state index contributed by atoms with van der Waals surface area (Å²) < 4.78 is 3.08. The van der Waals surface area contributed by atoms with E-state index in [2.05, 4.69) is 27.4 Å². The molecule has 4 aromatic rings. The maximum Gasteiger partial charge on any atom is 0.238 e. The van der Waals surface area contributed by atoms with Crippen LogP contribution in [0, 0.1) is 13.8 Å². The molecule has 0 saturated carbocycles. The third kappa shape index (κ3) is 3.86. The van der Waals surface area contributed by atoms with Crippen LogP contribution in [0.15, 0.2) is 54.6 Å². The van der Waals surface area contributed by atoms with Crippen molar-refractivity contribution in [2.75, 3.05) is 18.4 Å². The lowest BCUT2D eigenvalue weighted by molar-refractivity contribution is -0.117. The fourth-order valence-electron chi connectivity index (χ4n) is 4.34. The van der Waals surface area contributed by atoms with Crippen molar-refractivity contribution in [2.45, 2.75) is 32.7 Å². The Morgan fingerprint density at radius 3 is 2.71 bits per heavy atom. The molecule has 0 spiro atoms. The molecule has 1 fully saturated rings. The van der Waals surface area contributed by atoms with Crippen molar-refractivity contribution in [3.63, 3.8) is 0 Å². The first-order valence-electron chi connectivity index (χ1n) is 10.6. The van der Waals surface area contributed by atoms with Crippen LogP contribution in [0.25, 0.3) is 15.9 Å². The first-order valence-corrected chi connectivity index (χ1v) is 11.4. The Kier molecular flexibility index (Phi) is 5.29. The molecule has 5 rings (SSSR count). The molecule has 1 saturated heterocycles. The van der Waals surface area contributed by atoms with Gasteiger partial charge in [-0.3, -0.25) is 9.69 Å². The molecule has 0 radical (unpaired) electrons. The van der Waals surface area contributed by atoms with Crippen LogP contribution in [0.1, 0.15) is 35.3 Å². The van der Waals surface area contributed by atoms with Gasteiger partial charge in [0.05, 0.1) is 45.6 Å². The number of likely N-dealkylation sites (tertiary alicyclic amines) is 1. The first-order chi connectivity index (χ1) is 15.1. The molecule has 1 N–H and O–H groups in total. The molecule has 1 amide bonds. The highest BCUT2D eigenvalue weighted by molar-refractivity contribution is 7.18. The number of nitrogens with zero attached hydrogens (tertiary/aromatic N) is 4. The minimum atomic E-state index is -0.00757. The molecule has 1 aliphatic rings. The van der Waals surface area contributed by atoms with E-state index in [-0.39, 0.29) is 11.9 Å². The van der Waals surface area contributed by atoms with Gasteiger partial charge in [-0.2, -0.15) is 5.10 Å². The van der Waals surface area contributed by atoms with E-state index in [1.807, 2.05) is 61.0 Å². The molecule has 0 aliphatic carbocycles. The van der Waals surface area contributed by atoms with Crippen molar-refractivity contribution in [3.05, 3.63) is 71.0 Å². The molecule has 3 heterocycles. The lowest BCUT2D eigenvalue weighted by Crippen LogP contribution is -2.33. The highest BCUT2D eigenvalue weighted by atomic mass is 32.1. The Balaban J connectivity index is 1.32. The maximum atomic E-state index is 13.0. The summed E-state index contributed by atoms with van der Waals surface area (Å²) in [6.45, 7) is 5.19. The van der Waals surface area contributed by atoms with Crippen LogP contribution >= 0.6 is 11.3 Å². The molecule has 7 heteroatoms. The summed E-state index contributed by atoms with van der Waals surface area (Å²) in [7, 11) is 0. The normalized spacial score (nSPS) is 16.8. The standard InChI is InChI=1S/C24H25N5OS/c1-16-23(17(2)29(27-16)18-9-4-3-5-10-18)26-22(30)15-28-14-8-12-20(28)24-25-19-11-6-7-13-21(19)31-24/h3-7,9-11,13,20H,8,12,14-15H2,1-2H3,(H,26,30)/t20-/m0/s1. The number of nitrogens with one attached hydrogen (secondary N) is 1. The second kappa shape index (κ2) is 8.24. The number of fused-ring (bicyclic) bond motifs is 1. The molecule has 0 bridgehead atoms. The van der Waals surface area contributed by atoms with Gasteiger partial charge in [-0.1, -0.05) is 30.3 Å². The van der Waals surface area contributed by atoms with Crippen LogP contribution in [-0.2, 0) is 4.79 Å². The van der Waals surface area contributed by atoms with Crippen molar-refractivity contribution < 1.29 is 4.79 Å². The Labute approximate surface area is 185 Å². The molecule has 6 nitrogen and oxygen atoms in total. The van der Waals surface area contributed by atoms with E-state index in [0.29, 0.717) is 6.54 Å². The molecule has 1 atom stereocenters. The molecule has 2 aromatic carbocycles. The molecule has 2 aromatic heterocycles. The molecule has 0 unspecified atom stereocenters. The third-order valence-electron chi connectivity index (χ3n) is 5.86. The van der Waals surface area contributed by atoms with E-state index < -0.39 is 0 Å². The Morgan fingerprint density at radius 1 is 1.13 bits per heavy atom. The number of carbonyl (C=O) groups is 1. The largest absolute Gasteiger partial charge is 0.322 e. The van der Waals surface area contributed by atoms with Gasteiger partial charge >= 0.3 is 0 Å². The summed E-state index contributed by atoms with van der Waals surface area (Å²) in [5.74, 6) is -0.00757. The van der Waals surface area contributed by atoms with E-state index in [0.717, 1.165) is 52.7 Å². The maximum absolute atomic E-state index is 13.0. The van der Waals surface area contributed by atoms with Crippen LogP contribution in [0.3, 0.4) is 0 Å². The Morgan fingerprint density at radius 2 is 1.90 bits per heavy atom. The predicted octanol–water partition coefficient (Wildman–Crippen LogP) is 4.87. The second-order valence-electron chi connectivity index (χ2n) is 7.99. The summed E-state index contributed by atoms with van der Waals surface area (Å²) in [6, 6.07) is 18.4. The minimum Gasteiger partial charge on any atom is -0.322 e. The number of anilines is 1. The number of para-hydroxylation sites is 2. The number of hydrogen-bond acceptors (Lipinski definition) is 5. The number of thiazole rings is 1. The third-order valence-corrected chi connectivity index (χ3v) is 7.00. The van der Waals surface area contributed by atoms with E-state index in [9.17, 15) is 4.79 Å². The van der Waals surface area contributed by atoms with Crippen molar-refractivity contribution >= 4 is 33.1 Å². The Bertz CT molecular complexity index is 1200. The summed E-state index contributed by atoms with van der Waals surface area (Å²) in [5, 5.41) is 8.85. The van der Waals surface area contributed by atoms with Gasteiger partial charge in [0, 0.05) is 0 Å². The minimum absolute atomic E-state index is 0.00757. The van der Waals surface area contributed by atoms with Crippen LogP contribution in [0.2, 0.25) is 0 Å². The first kappa shape index (κ1) is 19.9. The number of benzene rings is 2. The monoisotopic (exact) mass is 431 g/mol. The van der Waals surface area contributed by atoms with E-state index >= 15 is 0 Å². The zero-order valence-corrected chi connectivity index (χ0v) is 18.5. The zero-order chi connectivity index (χ0) is 21.4. The highest BCUT2D eigenvalue weighted by Crippen LogP contribution is 2.36. The average molecular weight is 432 g/mol. The summed E-state index contributed by atoms with van der Waals surface area (Å²) in [5.41, 5.74) is 4.57. The summed E-state index contributed by atoms with van der Waals surface area (Å²) in [6.07, 6.45) is 2.12. The molecule has 31 heavy (non-hydrogen) atoms. The SMILES string of the molecule is Cc1nn(-c2ccccc2)c(C)c1NC(=O)CN1CCC[C@H]1c1nc2ccccc2s1. The van der Waals surface area contributed by atoms with Crippen LogP contribution in [-0.4, -0.2) is 38.7 Å². The van der Waals surface area contributed by atoms with Gasteiger partial charge < -0.3 is 5.32 Å². The fraction of sp³-hybridized carbons (Fsp3) is 0.292. The van der Waals surface area contributed by atoms with Gasteiger partial charge in [-0.15, -0.1) is 11.3 Å². The smallest absolute Gasteiger partial charge is 0.238 e. The number of aryl methyl sites for hydroxylation is 1. The topological polar surface area (TPSA) is 63.1 Å². The number of rotatable bonds is 5. The van der Waals surface area contributed by atoms with E-state index in [1.54, 1.807) is 11.3 Å². The van der Waals surface area contributed by atoms with Crippen molar-refractivity contribution in [3.8, 4) is 5.69 Å². The van der Waals surface area contributed by atoms with Gasteiger partial charge in [-0.25, -0.2) is 9.67 Å². The predicted molar refractivity (Wildman–Crippen MR) is 125 cm³/mol. The van der Waals surface area contributed by atoms with Gasteiger partial charge in [0.2, 0.25) is 5.91 Å². The Hall–Kier alpha value is -3.03. The molecule has 158 valence electrons. The average Bonchev–Trinajstić information content (AvgIpc) is 3.48. The van der Waals surface area contributed by atoms with Crippen LogP contribution < -0.4 is 5.32 Å².